The number of rotatable bonds is 3. The van der Waals surface area contributed by atoms with Crippen LogP contribution >= 0.6 is 0 Å². The topological polar surface area (TPSA) is 64.4 Å². The molecule has 1 N–H and O–H groups in total. The quantitative estimate of drug-likeness (QED) is 0.677. The second-order valence-electron chi connectivity index (χ2n) is 2.16. The van der Waals surface area contributed by atoms with E-state index in [1.165, 1.54) is 6.20 Å². The third-order valence-electron chi connectivity index (χ3n) is 1.30. The van der Waals surface area contributed by atoms with Gasteiger partial charge in [0, 0.05) is 0 Å². The first-order valence-electron chi connectivity index (χ1n) is 3.59. The number of aromatic nitrogens is 1. The fourth-order valence-corrected chi connectivity index (χ4v) is 0.709. The Morgan fingerprint density at radius 3 is 3.08 bits per heavy atom. The molecule has 0 spiro atoms. The number of carbonyl (C=O) groups excluding carboxylic acids is 1. The number of nitrogens with one attached hydrogen (secondary N) is 1. The zero-order chi connectivity index (χ0) is 8.97. The Labute approximate surface area is 69.6 Å². The predicted molar refractivity (Wildman–Crippen MR) is 40.3 cm³/mol. The van der Waals surface area contributed by atoms with Crippen LogP contribution in [0.3, 0.4) is 0 Å². The third-order valence-corrected chi connectivity index (χ3v) is 1.30. The molecule has 1 aromatic heterocycles. The van der Waals surface area contributed by atoms with Gasteiger partial charge in [0.2, 0.25) is 0 Å². The van der Waals surface area contributed by atoms with E-state index in [1.54, 1.807) is 13.8 Å². The van der Waals surface area contributed by atoms with Gasteiger partial charge in [-0.2, -0.15) is 0 Å². The largest absolute Gasteiger partial charge is 0.361 e. The highest BCUT2D eigenvalue weighted by Gasteiger charge is 2.11. The van der Waals surface area contributed by atoms with Crippen molar-refractivity contribution >= 4 is 5.91 Å². The van der Waals surface area contributed by atoms with E-state index in [0.29, 0.717) is 17.9 Å². The Kier molecular flexibility index (Phi) is 2.82. The summed E-state index contributed by atoms with van der Waals surface area (Å²) >= 11 is 0. The van der Waals surface area contributed by atoms with Gasteiger partial charge >= 0.3 is 0 Å². The first kappa shape index (κ1) is 8.73. The SMILES string of the molecule is CCONC(=O)c1cnoc1C. The van der Waals surface area contributed by atoms with Gasteiger partial charge in [0.05, 0.1) is 12.8 Å². The summed E-state index contributed by atoms with van der Waals surface area (Å²) in [5.41, 5.74) is 2.63. The molecule has 0 aliphatic rings. The van der Waals surface area contributed by atoms with E-state index in [2.05, 4.69) is 10.6 Å². The molecule has 0 saturated heterocycles. The minimum absolute atomic E-state index is 0.337. The van der Waals surface area contributed by atoms with Crippen molar-refractivity contribution in [3.63, 3.8) is 0 Å². The van der Waals surface area contributed by atoms with Crippen LogP contribution in [0.5, 0.6) is 0 Å². The summed E-state index contributed by atoms with van der Waals surface area (Å²) in [7, 11) is 0. The Hall–Kier alpha value is -1.36. The maximum atomic E-state index is 11.1. The molecule has 0 aliphatic carbocycles. The Morgan fingerprint density at radius 2 is 2.58 bits per heavy atom. The Bertz CT molecular complexity index is 269. The molecule has 0 radical (unpaired) electrons. The minimum atomic E-state index is -0.337. The second-order valence-corrected chi connectivity index (χ2v) is 2.16. The highest BCUT2D eigenvalue weighted by Crippen LogP contribution is 2.04. The van der Waals surface area contributed by atoms with Crippen LogP contribution in [0.1, 0.15) is 23.0 Å². The van der Waals surface area contributed by atoms with Gasteiger partial charge in [0.15, 0.2) is 0 Å². The molecule has 1 heterocycles. The van der Waals surface area contributed by atoms with E-state index in [4.69, 9.17) is 9.36 Å². The number of hydrogen-bond donors (Lipinski definition) is 1. The fourth-order valence-electron chi connectivity index (χ4n) is 0.709. The lowest BCUT2D eigenvalue weighted by Gasteiger charge is -2.00. The summed E-state index contributed by atoms with van der Waals surface area (Å²) in [6.07, 6.45) is 1.35. The molecule has 66 valence electrons. The van der Waals surface area contributed by atoms with Gasteiger partial charge in [-0.1, -0.05) is 5.16 Å². The maximum Gasteiger partial charge on any atom is 0.280 e. The van der Waals surface area contributed by atoms with Crippen LogP contribution < -0.4 is 5.48 Å². The van der Waals surface area contributed by atoms with E-state index >= 15 is 0 Å². The lowest BCUT2D eigenvalue weighted by Crippen LogP contribution is -2.23. The molecule has 0 bridgehead atoms. The lowest BCUT2D eigenvalue weighted by molar-refractivity contribution is 0.0363. The van der Waals surface area contributed by atoms with E-state index in [-0.39, 0.29) is 5.91 Å². The van der Waals surface area contributed by atoms with Gasteiger partial charge in [-0.05, 0) is 13.8 Å². The van der Waals surface area contributed by atoms with Crippen molar-refractivity contribution in [1.29, 1.82) is 0 Å². The van der Waals surface area contributed by atoms with Crippen molar-refractivity contribution < 1.29 is 14.2 Å². The van der Waals surface area contributed by atoms with Crippen LogP contribution in [0.4, 0.5) is 0 Å². The number of amides is 1. The van der Waals surface area contributed by atoms with Crippen molar-refractivity contribution in [3.05, 3.63) is 17.5 Å². The number of hydrogen-bond acceptors (Lipinski definition) is 4. The molecule has 0 aliphatic heterocycles. The van der Waals surface area contributed by atoms with Gasteiger partial charge in [0.25, 0.3) is 5.91 Å². The van der Waals surface area contributed by atoms with Crippen molar-refractivity contribution in [3.8, 4) is 0 Å². The monoisotopic (exact) mass is 170 g/mol. The lowest BCUT2D eigenvalue weighted by atomic mass is 10.3. The Morgan fingerprint density at radius 1 is 1.83 bits per heavy atom. The summed E-state index contributed by atoms with van der Waals surface area (Å²) in [6, 6.07) is 0. The zero-order valence-electron chi connectivity index (χ0n) is 6.96. The van der Waals surface area contributed by atoms with E-state index in [9.17, 15) is 4.79 Å². The van der Waals surface area contributed by atoms with Gasteiger partial charge in [-0.3, -0.25) is 9.63 Å². The van der Waals surface area contributed by atoms with Crippen LogP contribution in [0.2, 0.25) is 0 Å². The minimum Gasteiger partial charge on any atom is -0.361 e. The smallest absolute Gasteiger partial charge is 0.280 e. The average molecular weight is 170 g/mol. The molecule has 0 aromatic carbocycles. The average Bonchev–Trinajstić information content (AvgIpc) is 2.47. The molecule has 0 saturated carbocycles. The predicted octanol–water partition coefficient (Wildman–Crippen LogP) is 0.664. The summed E-state index contributed by atoms with van der Waals surface area (Å²) in [6.45, 7) is 3.87. The number of carbonyl (C=O) groups is 1. The van der Waals surface area contributed by atoms with Crippen LogP contribution in [-0.4, -0.2) is 17.7 Å². The first-order valence-corrected chi connectivity index (χ1v) is 3.59. The van der Waals surface area contributed by atoms with E-state index < -0.39 is 0 Å². The maximum absolute atomic E-state index is 11.1. The second kappa shape index (κ2) is 3.87. The van der Waals surface area contributed by atoms with Crippen molar-refractivity contribution in [2.45, 2.75) is 13.8 Å². The molecule has 5 nitrogen and oxygen atoms in total. The molecule has 12 heavy (non-hydrogen) atoms. The number of nitrogens with zero attached hydrogens (tertiary/aromatic N) is 1. The molecule has 5 heteroatoms. The summed E-state index contributed by atoms with van der Waals surface area (Å²) < 4.78 is 4.70. The number of aryl methyl sites for hydroxylation is 1. The molecule has 0 unspecified atom stereocenters. The number of hydroxylamine groups is 1. The highest BCUT2D eigenvalue weighted by molar-refractivity contribution is 5.93. The van der Waals surface area contributed by atoms with Crippen molar-refractivity contribution in [1.82, 2.24) is 10.6 Å². The highest BCUT2D eigenvalue weighted by atomic mass is 16.6. The molecule has 1 amide bonds. The van der Waals surface area contributed by atoms with Gasteiger partial charge < -0.3 is 4.52 Å². The zero-order valence-corrected chi connectivity index (χ0v) is 6.96. The van der Waals surface area contributed by atoms with Gasteiger partial charge in [0.1, 0.15) is 11.3 Å². The van der Waals surface area contributed by atoms with E-state index in [0.717, 1.165) is 0 Å². The van der Waals surface area contributed by atoms with Gasteiger partial charge in [-0.15, -0.1) is 0 Å². The fraction of sp³-hybridized carbons (Fsp3) is 0.429. The van der Waals surface area contributed by atoms with Crippen molar-refractivity contribution in [2.24, 2.45) is 0 Å². The summed E-state index contributed by atoms with van der Waals surface area (Å²) in [5.74, 6) is 0.141. The molecule has 1 aromatic rings. The van der Waals surface area contributed by atoms with Crippen LogP contribution in [0.25, 0.3) is 0 Å². The van der Waals surface area contributed by atoms with Crippen LogP contribution in [0.15, 0.2) is 10.7 Å². The molecular formula is C7H10N2O3. The molecule has 0 atom stereocenters. The van der Waals surface area contributed by atoms with Crippen molar-refractivity contribution in [2.75, 3.05) is 6.61 Å². The van der Waals surface area contributed by atoms with E-state index in [1.807, 2.05) is 0 Å². The first-order chi connectivity index (χ1) is 5.75. The summed E-state index contributed by atoms with van der Waals surface area (Å²) in [4.78, 5) is 15.9. The van der Waals surface area contributed by atoms with Crippen LogP contribution in [-0.2, 0) is 4.84 Å². The molecule has 1 rings (SSSR count). The van der Waals surface area contributed by atoms with Gasteiger partial charge in [-0.25, -0.2) is 5.48 Å². The summed E-state index contributed by atoms with van der Waals surface area (Å²) in [5, 5.41) is 3.46. The standard InChI is InChI=1S/C7H10N2O3/c1-3-11-9-7(10)6-4-8-12-5(6)2/h4H,3H2,1-2H3,(H,9,10). The molecular weight excluding hydrogens is 160 g/mol. The molecule has 0 fully saturated rings. The van der Waals surface area contributed by atoms with Crippen LogP contribution in [0, 0.1) is 6.92 Å². The normalized spacial score (nSPS) is 9.83. The third kappa shape index (κ3) is 1.82. The Balaban J connectivity index is 2.59.